The molecule has 0 saturated heterocycles. The summed E-state index contributed by atoms with van der Waals surface area (Å²) in [4.78, 5) is 18.0. The van der Waals surface area contributed by atoms with Crippen molar-refractivity contribution in [2.24, 2.45) is 5.41 Å². The van der Waals surface area contributed by atoms with Crippen LogP contribution in [0.15, 0.2) is 52.5 Å². The molecule has 9 heteroatoms. The van der Waals surface area contributed by atoms with Crippen LogP contribution in [0.5, 0.6) is 0 Å². The molecule has 0 saturated carbocycles. The normalized spacial score (nSPS) is 11.5. The van der Waals surface area contributed by atoms with Gasteiger partial charge in [0, 0.05) is 17.6 Å². The molecule has 0 fully saturated rings. The molecule has 1 amide bonds. The van der Waals surface area contributed by atoms with E-state index in [0.29, 0.717) is 33.7 Å². The van der Waals surface area contributed by atoms with Gasteiger partial charge in [0.05, 0.1) is 12.2 Å². The topological polar surface area (TPSA) is 71.2 Å². The van der Waals surface area contributed by atoms with Crippen LogP contribution in [0.4, 0.5) is 9.18 Å². The maximum atomic E-state index is 14.9. The van der Waals surface area contributed by atoms with Gasteiger partial charge in [-0.2, -0.15) is 5.10 Å². The van der Waals surface area contributed by atoms with Gasteiger partial charge in [0.1, 0.15) is 15.9 Å². The van der Waals surface area contributed by atoms with Crippen LogP contribution >= 0.6 is 23.4 Å². The van der Waals surface area contributed by atoms with E-state index in [1.165, 1.54) is 21.3 Å². The summed E-state index contributed by atoms with van der Waals surface area (Å²) < 4.78 is 16.4. The molecule has 0 unspecified atom stereocenters. The molecule has 6 nitrogen and oxygen atoms in total. The first kappa shape index (κ1) is 23.1. The summed E-state index contributed by atoms with van der Waals surface area (Å²) in [5.74, 6) is -0.377. The summed E-state index contributed by atoms with van der Waals surface area (Å²) in [6.07, 6.45) is 0.599. The Balaban J connectivity index is 2.01. The van der Waals surface area contributed by atoms with Gasteiger partial charge in [0.2, 0.25) is 0 Å². The highest BCUT2D eigenvalue weighted by molar-refractivity contribution is 7.99. The molecule has 2 aromatic heterocycles. The van der Waals surface area contributed by atoms with Gasteiger partial charge in [0.15, 0.2) is 5.82 Å². The molecule has 31 heavy (non-hydrogen) atoms. The lowest BCUT2D eigenvalue weighted by Crippen LogP contribution is -2.36. The third kappa shape index (κ3) is 5.98. The number of benzene rings is 1. The number of carboxylic acid groups (broad SMARTS) is 1. The fraction of sp³-hybridized carbons (Fsp3) is 0.318. The van der Waals surface area contributed by atoms with E-state index in [9.17, 15) is 14.3 Å². The number of pyridine rings is 1. The van der Waals surface area contributed by atoms with Crippen molar-refractivity contribution in [1.82, 2.24) is 19.7 Å². The highest BCUT2D eigenvalue weighted by atomic mass is 35.5. The van der Waals surface area contributed by atoms with Crippen molar-refractivity contribution in [2.75, 3.05) is 6.54 Å². The fourth-order valence-electron chi connectivity index (χ4n) is 3.03. The Labute approximate surface area is 190 Å². The zero-order valence-corrected chi connectivity index (χ0v) is 19.3. The maximum Gasteiger partial charge on any atom is 0.407 e. The molecule has 0 aliphatic rings. The van der Waals surface area contributed by atoms with Gasteiger partial charge in [-0.1, -0.05) is 56.3 Å². The zero-order valence-electron chi connectivity index (χ0n) is 17.8. The van der Waals surface area contributed by atoms with Gasteiger partial charge in [0.25, 0.3) is 0 Å². The molecular weight excluding hydrogens is 439 g/mol. The highest BCUT2D eigenvalue weighted by Crippen LogP contribution is 2.32. The average Bonchev–Trinajstić information content (AvgIpc) is 3.06. The van der Waals surface area contributed by atoms with Gasteiger partial charge in [-0.05, 0) is 42.2 Å². The van der Waals surface area contributed by atoms with Crippen molar-refractivity contribution in [2.45, 2.75) is 44.2 Å². The second-order valence-electron chi connectivity index (χ2n) is 8.41. The lowest BCUT2D eigenvalue weighted by atomic mass is 9.96. The average molecular weight is 463 g/mol. The summed E-state index contributed by atoms with van der Waals surface area (Å²) >= 11 is 7.22. The van der Waals surface area contributed by atoms with Crippen molar-refractivity contribution in [3.63, 3.8) is 0 Å². The number of hydrogen-bond donors (Lipinski definition) is 1. The van der Waals surface area contributed by atoms with Crippen LogP contribution in [-0.2, 0) is 6.54 Å². The van der Waals surface area contributed by atoms with Crippen LogP contribution in [-0.4, -0.2) is 37.4 Å². The summed E-state index contributed by atoms with van der Waals surface area (Å²) in [6.45, 7) is 8.04. The lowest BCUT2D eigenvalue weighted by molar-refractivity contribution is 0.122. The second kappa shape index (κ2) is 9.28. The molecule has 1 aromatic carbocycles. The van der Waals surface area contributed by atoms with E-state index in [1.807, 2.05) is 26.8 Å². The molecule has 0 aliphatic heterocycles. The number of hydrogen-bond acceptors (Lipinski definition) is 4. The Morgan fingerprint density at radius 1 is 1.29 bits per heavy atom. The van der Waals surface area contributed by atoms with Crippen molar-refractivity contribution < 1.29 is 14.3 Å². The van der Waals surface area contributed by atoms with Crippen molar-refractivity contribution in [3.8, 4) is 5.69 Å². The third-order valence-corrected chi connectivity index (χ3v) is 5.54. The number of rotatable bonds is 6. The fourth-order valence-corrected chi connectivity index (χ4v) is 4.05. The summed E-state index contributed by atoms with van der Waals surface area (Å²) in [6, 6.07) is 10.4. The number of aromatic nitrogens is 3. The standard InChI is InChI=1S/C22H24ClFN4O2S/c1-14-6-5-7-17(20(14)24)28-19(31-16-8-9-18(23)25-11-16)10-15(26-28)12-27(21(29)30)13-22(2,3)4/h5-11H,12-13H2,1-4H3,(H,29,30). The minimum absolute atomic E-state index is 0.0967. The van der Waals surface area contributed by atoms with Crippen LogP contribution < -0.4 is 0 Å². The van der Waals surface area contributed by atoms with E-state index in [-0.39, 0.29) is 17.8 Å². The number of nitrogens with zero attached hydrogens (tertiary/aromatic N) is 4. The van der Waals surface area contributed by atoms with E-state index < -0.39 is 6.09 Å². The first-order valence-corrected chi connectivity index (χ1v) is 10.8. The second-order valence-corrected chi connectivity index (χ2v) is 9.89. The number of carbonyl (C=O) groups is 1. The molecule has 0 radical (unpaired) electrons. The van der Waals surface area contributed by atoms with Crippen LogP contribution in [0.25, 0.3) is 5.69 Å². The minimum atomic E-state index is -1.03. The van der Waals surface area contributed by atoms with E-state index in [4.69, 9.17) is 11.6 Å². The first-order chi connectivity index (χ1) is 14.5. The monoisotopic (exact) mass is 462 g/mol. The van der Waals surface area contributed by atoms with E-state index in [1.54, 1.807) is 43.5 Å². The number of amides is 1. The SMILES string of the molecule is Cc1cccc(-n2nc(CN(CC(C)(C)C)C(=O)O)cc2Sc2ccc(Cl)nc2)c1F. The lowest BCUT2D eigenvalue weighted by Gasteiger charge is -2.27. The van der Waals surface area contributed by atoms with E-state index in [2.05, 4.69) is 10.1 Å². The molecule has 164 valence electrons. The Bertz CT molecular complexity index is 1080. The van der Waals surface area contributed by atoms with Crippen LogP contribution in [0.2, 0.25) is 5.15 Å². The smallest absolute Gasteiger partial charge is 0.407 e. The highest BCUT2D eigenvalue weighted by Gasteiger charge is 2.23. The summed E-state index contributed by atoms with van der Waals surface area (Å²) in [7, 11) is 0. The van der Waals surface area contributed by atoms with E-state index in [0.717, 1.165) is 4.90 Å². The van der Waals surface area contributed by atoms with Crippen LogP contribution in [0.1, 0.15) is 32.0 Å². The minimum Gasteiger partial charge on any atom is -0.465 e. The zero-order chi connectivity index (χ0) is 22.8. The first-order valence-electron chi connectivity index (χ1n) is 9.65. The largest absolute Gasteiger partial charge is 0.465 e. The van der Waals surface area contributed by atoms with Crippen molar-refractivity contribution in [1.29, 1.82) is 0 Å². The van der Waals surface area contributed by atoms with Gasteiger partial charge in [-0.25, -0.2) is 18.9 Å². The predicted molar refractivity (Wildman–Crippen MR) is 120 cm³/mol. The molecule has 1 N–H and O–H groups in total. The molecule has 0 atom stereocenters. The molecule has 0 aliphatic carbocycles. The summed E-state index contributed by atoms with van der Waals surface area (Å²) in [5, 5.41) is 15.2. The summed E-state index contributed by atoms with van der Waals surface area (Å²) in [5.41, 5.74) is 1.11. The molecule has 0 bridgehead atoms. The maximum absolute atomic E-state index is 14.9. The number of halogens is 2. The Morgan fingerprint density at radius 2 is 2.03 bits per heavy atom. The van der Waals surface area contributed by atoms with Crippen molar-refractivity contribution >= 4 is 29.5 Å². The van der Waals surface area contributed by atoms with Crippen LogP contribution in [0.3, 0.4) is 0 Å². The predicted octanol–water partition coefficient (Wildman–Crippen LogP) is 6.05. The molecular formula is C22H24ClFN4O2S. The molecule has 3 rings (SSSR count). The molecule has 0 spiro atoms. The number of aryl methyl sites for hydroxylation is 1. The third-order valence-electron chi connectivity index (χ3n) is 4.34. The Morgan fingerprint density at radius 3 is 2.65 bits per heavy atom. The van der Waals surface area contributed by atoms with Crippen LogP contribution in [0, 0.1) is 18.2 Å². The van der Waals surface area contributed by atoms with Gasteiger partial charge < -0.3 is 10.0 Å². The molecule has 2 heterocycles. The van der Waals surface area contributed by atoms with E-state index >= 15 is 0 Å². The Hall–Kier alpha value is -2.58. The van der Waals surface area contributed by atoms with Gasteiger partial charge in [-0.3, -0.25) is 0 Å². The Kier molecular flexibility index (Phi) is 6.91. The molecule has 3 aromatic rings. The van der Waals surface area contributed by atoms with Gasteiger partial charge >= 0.3 is 6.09 Å². The van der Waals surface area contributed by atoms with Gasteiger partial charge in [-0.15, -0.1) is 0 Å². The van der Waals surface area contributed by atoms with Crippen molar-refractivity contribution in [3.05, 3.63) is 64.8 Å². The quantitative estimate of drug-likeness (QED) is 0.452.